The van der Waals surface area contributed by atoms with Gasteiger partial charge in [0, 0.05) is 0 Å². The highest BCUT2D eigenvalue weighted by atomic mass is 19.1. The van der Waals surface area contributed by atoms with Crippen LogP contribution in [0.2, 0.25) is 0 Å². The zero-order valence-electron chi connectivity index (χ0n) is 7.27. The van der Waals surface area contributed by atoms with Crippen molar-refractivity contribution in [2.75, 3.05) is 0 Å². The predicted molar refractivity (Wildman–Crippen MR) is 45.3 cm³/mol. The Morgan fingerprint density at radius 3 is 2.50 bits per heavy atom. The molecule has 0 saturated carbocycles. The minimum absolute atomic E-state index is 0.247. The molecule has 0 aliphatic rings. The van der Waals surface area contributed by atoms with Crippen molar-refractivity contribution in [3.63, 3.8) is 0 Å². The number of alkyl halides is 1. The van der Waals surface area contributed by atoms with E-state index in [0.717, 1.165) is 5.56 Å². The van der Waals surface area contributed by atoms with Gasteiger partial charge >= 0.3 is 0 Å². The van der Waals surface area contributed by atoms with Gasteiger partial charge in [-0.3, -0.25) is 0 Å². The van der Waals surface area contributed by atoms with Crippen molar-refractivity contribution in [2.45, 2.75) is 26.4 Å². The van der Waals surface area contributed by atoms with Crippen LogP contribution in [0.3, 0.4) is 0 Å². The van der Waals surface area contributed by atoms with Gasteiger partial charge in [0.05, 0.1) is 0 Å². The smallest absolute Gasteiger partial charge is 0.123 e. The van der Waals surface area contributed by atoms with Crippen LogP contribution in [0, 0.1) is 5.82 Å². The third kappa shape index (κ3) is 1.81. The fourth-order valence-corrected chi connectivity index (χ4v) is 1.25. The second-order valence-electron chi connectivity index (χ2n) is 3.13. The second kappa shape index (κ2) is 3.65. The Morgan fingerprint density at radius 2 is 2.00 bits per heavy atom. The van der Waals surface area contributed by atoms with Crippen LogP contribution in [0.5, 0.6) is 0 Å². The quantitative estimate of drug-likeness (QED) is 0.638. The molecule has 0 heterocycles. The van der Waals surface area contributed by atoms with Gasteiger partial charge < -0.3 is 0 Å². The highest BCUT2D eigenvalue weighted by Gasteiger charge is 2.06. The Kier molecular flexibility index (Phi) is 2.79. The highest BCUT2D eigenvalue weighted by Crippen LogP contribution is 2.20. The molecule has 0 spiro atoms. The molecular formula is C10H12F2. The topological polar surface area (TPSA) is 0 Å². The lowest BCUT2D eigenvalue weighted by atomic mass is 9.98. The van der Waals surface area contributed by atoms with Crippen molar-refractivity contribution in [2.24, 2.45) is 0 Å². The SMILES string of the molecule is CC(C)c1ccc(F)cc1CF. The summed E-state index contributed by atoms with van der Waals surface area (Å²) < 4.78 is 25.0. The lowest BCUT2D eigenvalue weighted by Gasteiger charge is -2.09. The van der Waals surface area contributed by atoms with Crippen LogP contribution in [-0.2, 0) is 6.67 Å². The van der Waals surface area contributed by atoms with Crippen LogP contribution in [-0.4, -0.2) is 0 Å². The van der Waals surface area contributed by atoms with Crippen LogP contribution < -0.4 is 0 Å². The number of hydrogen-bond donors (Lipinski definition) is 0. The fraction of sp³-hybridized carbons (Fsp3) is 0.400. The summed E-state index contributed by atoms with van der Waals surface area (Å²) in [5, 5.41) is 0. The van der Waals surface area contributed by atoms with Crippen molar-refractivity contribution in [1.82, 2.24) is 0 Å². The lowest BCUT2D eigenvalue weighted by Crippen LogP contribution is -1.95. The lowest BCUT2D eigenvalue weighted by molar-refractivity contribution is 0.477. The van der Waals surface area contributed by atoms with Gasteiger partial charge in [0.15, 0.2) is 0 Å². The average Bonchev–Trinajstić information content (AvgIpc) is 2.03. The molecule has 0 aliphatic carbocycles. The maximum atomic E-state index is 12.6. The van der Waals surface area contributed by atoms with E-state index in [9.17, 15) is 8.78 Å². The molecule has 0 nitrogen and oxygen atoms in total. The minimum Gasteiger partial charge on any atom is -0.246 e. The van der Waals surface area contributed by atoms with E-state index in [1.54, 1.807) is 6.07 Å². The number of rotatable bonds is 2. The molecule has 1 aromatic carbocycles. The highest BCUT2D eigenvalue weighted by molar-refractivity contribution is 5.29. The average molecular weight is 170 g/mol. The van der Waals surface area contributed by atoms with Gasteiger partial charge in [0.2, 0.25) is 0 Å². The van der Waals surface area contributed by atoms with Gasteiger partial charge in [-0.05, 0) is 29.2 Å². The van der Waals surface area contributed by atoms with E-state index in [4.69, 9.17) is 0 Å². The molecule has 1 aromatic rings. The van der Waals surface area contributed by atoms with Crippen molar-refractivity contribution in [3.05, 3.63) is 35.1 Å². The van der Waals surface area contributed by atoms with Gasteiger partial charge in [0.25, 0.3) is 0 Å². The van der Waals surface area contributed by atoms with E-state index in [2.05, 4.69) is 0 Å². The number of halogens is 2. The molecule has 0 atom stereocenters. The number of hydrogen-bond acceptors (Lipinski definition) is 0. The summed E-state index contributed by atoms with van der Waals surface area (Å²) in [6.07, 6.45) is 0. The first-order chi connectivity index (χ1) is 5.65. The summed E-state index contributed by atoms with van der Waals surface area (Å²) in [5.41, 5.74) is 1.35. The van der Waals surface area contributed by atoms with Crippen molar-refractivity contribution >= 4 is 0 Å². The van der Waals surface area contributed by atoms with Crippen LogP contribution >= 0.6 is 0 Å². The van der Waals surface area contributed by atoms with Gasteiger partial charge in [-0.2, -0.15) is 0 Å². The van der Waals surface area contributed by atoms with E-state index in [0.29, 0.717) is 5.56 Å². The maximum absolute atomic E-state index is 12.6. The van der Waals surface area contributed by atoms with Gasteiger partial charge in [-0.1, -0.05) is 19.9 Å². The summed E-state index contributed by atoms with van der Waals surface area (Å²) in [6.45, 7) is 3.34. The Morgan fingerprint density at radius 1 is 1.33 bits per heavy atom. The molecule has 0 bridgehead atoms. The molecule has 0 fully saturated rings. The normalized spacial score (nSPS) is 10.8. The van der Waals surface area contributed by atoms with Crippen molar-refractivity contribution in [1.29, 1.82) is 0 Å². The third-order valence-electron chi connectivity index (χ3n) is 1.87. The minimum atomic E-state index is -0.592. The second-order valence-corrected chi connectivity index (χ2v) is 3.13. The molecule has 0 saturated heterocycles. The van der Waals surface area contributed by atoms with Crippen LogP contribution in [0.4, 0.5) is 8.78 Å². The molecule has 66 valence electrons. The van der Waals surface area contributed by atoms with E-state index in [1.807, 2.05) is 13.8 Å². The van der Waals surface area contributed by atoms with E-state index >= 15 is 0 Å². The predicted octanol–water partition coefficient (Wildman–Crippen LogP) is 3.42. The largest absolute Gasteiger partial charge is 0.246 e. The molecule has 0 amide bonds. The van der Waals surface area contributed by atoms with E-state index in [-0.39, 0.29) is 11.7 Å². The molecule has 0 radical (unpaired) electrons. The molecule has 2 heteroatoms. The van der Waals surface area contributed by atoms with E-state index in [1.165, 1.54) is 12.1 Å². The van der Waals surface area contributed by atoms with Crippen LogP contribution in [0.15, 0.2) is 18.2 Å². The monoisotopic (exact) mass is 170 g/mol. The molecule has 0 aromatic heterocycles. The Hall–Kier alpha value is -0.920. The maximum Gasteiger partial charge on any atom is 0.123 e. The number of benzene rings is 1. The van der Waals surface area contributed by atoms with Crippen LogP contribution in [0.25, 0.3) is 0 Å². The van der Waals surface area contributed by atoms with Crippen LogP contribution in [0.1, 0.15) is 30.9 Å². The Bertz CT molecular complexity index is 267. The zero-order valence-corrected chi connectivity index (χ0v) is 7.27. The molecule has 0 unspecified atom stereocenters. The first kappa shape index (κ1) is 9.17. The molecule has 1 rings (SSSR count). The van der Waals surface area contributed by atoms with E-state index < -0.39 is 6.67 Å². The first-order valence-electron chi connectivity index (χ1n) is 3.99. The molecule has 0 N–H and O–H groups in total. The Labute approximate surface area is 71.2 Å². The summed E-state index contributed by atoms with van der Waals surface area (Å²) in [6, 6.07) is 4.28. The summed E-state index contributed by atoms with van der Waals surface area (Å²) in [7, 11) is 0. The Balaban J connectivity index is 3.11. The molecule has 0 aliphatic heterocycles. The van der Waals surface area contributed by atoms with Gasteiger partial charge in [-0.15, -0.1) is 0 Å². The van der Waals surface area contributed by atoms with Gasteiger partial charge in [-0.25, -0.2) is 8.78 Å². The fourth-order valence-electron chi connectivity index (χ4n) is 1.25. The summed E-state index contributed by atoms with van der Waals surface area (Å²) in [5.74, 6) is -0.122. The summed E-state index contributed by atoms with van der Waals surface area (Å²) in [4.78, 5) is 0. The van der Waals surface area contributed by atoms with Crippen molar-refractivity contribution in [3.8, 4) is 0 Å². The third-order valence-corrected chi connectivity index (χ3v) is 1.87. The van der Waals surface area contributed by atoms with Crippen molar-refractivity contribution < 1.29 is 8.78 Å². The first-order valence-corrected chi connectivity index (χ1v) is 3.99. The zero-order chi connectivity index (χ0) is 9.14. The molecule has 12 heavy (non-hydrogen) atoms. The molecular weight excluding hydrogens is 158 g/mol. The van der Waals surface area contributed by atoms with Gasteiger partial charge in [0.1, 0.15) is 12.5 Å². The summed E-state index contributed by atoms with van der Waals surface area (Å²) >= 11 is 0. The standard InChI is InChI=1S/C10H12F2/c1-7(2)10-4-3-9(12)5-8(10)6-11/h3-5,7H,6H2,1-2H3.